The molecule has 4 N–H and O–H groups in total. The van der Waals surface area contributed by atoms with E-state index in [-0.39, 0.29) is 6.04 Å². The van der Waals surface area contributed by atoms with E-state index in [1.54, 1.807) is 6.07 Å². The molecule has 0 aliphatic heterocycles. The van der Waals surface area contributed by atoms with Crippen LogP contribution in [-0.2, 0) is 0 Å². The fraction of sp³-hybridized carbons (Fsp3) is 0.500. The highest BCUT2D eigenvalue weighted by atomic mass is 15.5. The topological polar surface area (TPSA) is 95.6 Å². The summed E-state index contributed by atoms with van der Waals surface area (Å²) >= 11 is 0. The Balaban J connectivity index is 2.27. The minimum atomic E-state index is 0.241. The predicted octanol–water partition coefficient (Wildman–Crippen LogP) is 2.50. The van der Waals surface area contributed by atoms with Gasteiger partial charge >= 0.3 is 0 Å². The molecule has 6 nitrogen and oxygen atoms in total. The number of rotatable bonds is 5. The summed E-state index contributed by atoms with van der Waals surface area (Å²) in [6.07, 6.45) is 2.17. The van der Waals surface area contributed by atoms with Crippen molar-refractivity contribution in [2.45, 2.75) is 39.7 Å². The highest BCUT2D eigenvalue weighted by molar-refractivity contribution is 5.67. The first-order valence-corrected chi connectivity index (χ1v) is 6.91. The Morgan fingerprint density at radius 2 is 1.70 bits per heavy atom. The second-order valence-corrected chi connectivity index (χ2v) is 5.66. The zero-order valence-corrected chi connectivity index (χ0v) is 12.2. The third-order valence-electron chi connectivity index (χ3n) is 3.31. The van der Waals surface area contributed by atoms with E-state index in [2.05, 4.69) is 36.3 Å². The summed E-state index contributed by atoms with van der Waals surface area (Å²) in [5.74, 6) is 1.38. The van der Waals surface area contributed by atoms with E-state index in [1.165, 1.54) is 0 Å². The van der Waals surface area contributed by atoms with E-state index in [9.17, 15) is 0 Å². The first kappa shape index (κ1) is 14.3. The number of nitrogens with two attached hydrogens (primary N) is 2. The third kappa shape index (κ3) is 3.26. The average Bonchev–Trinajstić information content (AvgIpc) is 2.83. The molecule has 0 radical (unpaired) electrons. The smallest absolute Gasteiger partial charge is 0.182 e. The number of anilines is 2. The SMILES string of the molecule is CC(C)CCC(C)n1nnnc1-c1cc(N)cc(N)c1. The minimum absolute atomic E-state index is 0.241. The maximum Gasteiger partial charge on any atom is 0.182 e. The van der Waals surface area contributed by atoms with Crippen molar-refractivity contribution in [2.24, 2.45) is 5.92 Å². The fourth-order valence-corrected chi connectivity index (χ4v) is 2.18. The summed E-state index contributed by atoms with van der Waals surface area (Å²) in [6, 6.07) is 5.64. The molecule has 1 heterocycles. The van der Waals surface area contributed by atoms with Gasteiger partial charge in [-0.25, -0.2) is 4.68 Å². The van der Waals surface area contributed by atoms with Gasteiger partial charge in [-0.1, -0.05) is 13.8 Å². The lowest BCUT2D eigenvalue weighted by Gasteiger charge is -2.15. The lowest BCUT2D eigenvalue weighted by atomic mass is 10.0. The fourth-order valence-electron chi connectivity index (χ4n) is 2.18. The number of nitrogens with zero attached hydrogens (tertiary/aromatic N) is 4. The molecule has 0 aliphatic carbocycles. The molecule has 0 saturated carbocycles. The molecule has 1 atom stereocenters. The van der Waals surface area contributed by atoms with Crippen LogP contribution in [0.3, 0.4) is 0 Å². The Bertz CT molecular complexity index is 555. The Morgan fingerprint density at radius 3 is 2.30 bits per heavy atom. The van der Waals surface area contributed by atoms with Crippen molar-refractivity contribution in [1.82, 2.24) is 20.2 Å². The van der Waals surface area contributed by atoms with E-state index in [0.717, 1.165) is 18.4 Å². The number of hydrogen-bond donors (Lipinski definition) is 2. The van der Waals surface area contributed by atoms with Crippen LogP contribution in [-0.4, -0.2) is 20.2 Å². The maximum absolute atomic E-state index is 5.83. The van der Waals surface area contributed by atoms with E-state index in [4.69, 9.17) is 11.5 Å². The summed E-state index contributed by atoms with van der Waals surface area (Å²) < 4.78 is 1.84. The molecule has 0 amide bonds. The lowest BCUT2D eigenvalue weighted by Crippen LogP contribution is -2.10. The molecule has 0 bridgehead atoms. The first-order valence-electron chi connectivity index (χ1n) is 6.91. The highest BCUT2D eigenvalue weighted by Crippen LogP contribution is 2.26. The number of aromatic nitrogens is 4. The lowest BCUT2D eigenvalue weighted by molar-refractivity contribution is 0.406. The molecule has 2 rings (SSSR count). The van der Waals surface area contributed by atoms with Crippen LogP contribution in [0.2, 0.25) is 0 Å². The molecule has 108 valence electrons. The zero-order valence-electron chi connectivity index (χ0n) is 12.2. The maximum atomic E-state index is 5.83. The summed E-state index contributed by atoms with van der Waals surface area (Å²) in [5, 5.41) is 12.0. The van der Waals surface area contributed by atoms with Crippen molar-refractivity contribution in [3.63, 3.8) is 0 Å². The van der Waals surface area contributed by atoms with Crippen molar-refractivity contribution in [2.75, 3.05) is 11.5 Å². The van der Waals surface area contributed by atoms with Crippen LogP contribution in [0.15, 0.2) is 18.2 Å². The Kier molecular flexibility index (Phi) is 4.22. The van der Waals surface area contributed by atoms with Crippen molar-refractivity contribution in [3.05, 3.63) is 18.2 Å². The Morgan fingerprint density at radius 1 is 1.05 bits per heavy atom. The summed E-state index contributed by atoms with van der Waals surface area (Å²) in [4.78, 5) is 0. The molecule has 20 heavy (non-hydrogen) atoms. The van der Waals surface area contributed by atoms with E-state index >= 15 is 0 Å². The standard InChI is InChI=1S/C14H22N6/c1-9(2)4-5-10(3)20-14(17-18-19-20)11-6-12(15)8-13(16)7-11/h6-10H,4-5,15-16H2,1-3H3. The van der Waals surface area contributed by atoms with Gasteiger partial charge in [0.05, 0.1) is 6.04 Å². The van der Waals surface area contributed by atoms with Gasteiger partial charge in [0.15, 0.2) is 5.82 Å². The second-order valence-electron chi connectivity index (χ2n) is 5.66. The number of nitrogen functional groups attached to an aromatic ring is 2. The van der Waals surface area contributed by atoms with Crippen molar-refractivity contribution in [1.29, 1.82) is 0 Å². The number of tetrazole rings is 1. The molecule has 1 aromatic carbocycles. The van der Waals surface area contributed by atoms with Gasteiger partial charge in [0.1, 0.15) is 0 Å². The van der Waals surface area contributed by atoms with E-state index < -0.39 is 0 Å². The van der Waals surface area contributed by atoms with Crippen LogP contribution in [0, 0.1) is 5.92 Å². The summed E-state index contributed by atoms with van der Waals surface area (Å²) in [5.41, 5.74) is 13.7. The van der Waals surface area contributed by atoms with Gasteiger partial charge in [-0.15, -0.1) is 5.10 Å². The van der Waals surface area contributed by atoms with Crippen LogP contribution >= 0.6 is 0 Å². The molecule has 2 aromatic rings. The zero-order chi connectivity index (χ0) is 14.7. The van der Waals surface area contributed by atoms with Crippen LogP contribution < -0.4 is 11.5 Å². The van der Waals surface area contributed by atoms with Crippen LogP contribution in [0.4, 0.5) is 11.4 Å². The van der Waals surface area contributed by atoms with Gasteiger partial charge in [0, 0.05) is 16.9 Å². The van der Waals surface area contributed by atoms with Gasteiger partial charge in [-0.2, -0.15) is 0 Å². The molecule has 0 saturated heterocycles. The average molecular weight is 274 g/mol. The third-order valence-corrected chi connectivity index (χ3v) is 3.31. The van der Waals surface area contributed by atoms with Crippen molar-refractivity contribution < 1.29 is 0 Å². The summed E-state index contributed by atoms with van der Waals surface area (Å²) in [7, 11) is 0. The van der Waals surface area contributed by atoms with Gasteiger partial charge in [-0.3, -0.25) is 0 Å². The Labute approximate surface area is 119 Å². The van der Waals surface area contributed by atoms with Gasteiger partial charge in [0.25, 0.3) is 0 Å². The second kappa shape index (κ2) is 5.90. The molecule has 0 aliphatic rings. The van der Waals surface area contributed by atoms with Crippen LogP contribution in [0.25, 0.3) is 11.4 Å². The van der Waals surface area contributed by atoms with Gasteiger partial charge in [0.2, 0.25) is 0 Å². The number of hydrogen-bond acceptors (Lipinski definition) is 5. The Hall–Kier alpha value is -2.11. The molecule has 0 spiro atoms. The molecular formula is C14H22N6. The van der Waals surface area contributed by atoms with Crippen LogP contribution in [0.1, 0.15) is 39.7 Å². The molecule has 1 unspecified atom stereocenters. The monoisotopic (exact) mass is 274 g/mol. The van der Waals surface area contributed by atoms with E-state index in [1.807, 2.05) is 16.8 Å². The quantitative estimate of drug-likeness (QED) is 0.817. The summed E-state index contributed by atoms with van der Waals surface area (Å²) in [6.45, 7) is 6.55. The molecular weight excluding hydrogens is 252 g/mol. The minimum Gasteiger partial charge on any atom is -0.399 e. The largest absolute Gasteiger partial charge is 0.399 e. The normalized spacial score (nSPS) is 12.8. The van der Waals surface area contributed by atoms with Crippen molar-refractivity contribution in [3.8, 4) is 11.4 Å². The van der Waals surface area contributed by atoms with Gasteiger partial charge < -0.3 is 11.5 Å². The predicted molar refractivity (Wildman–Crippen MR) is 80.9 cm³/mol. The highest BCUT2D eigenvalue weighted by Gasteiger charge is 2.15. The first-order chi connectivity index (χ1) is 9.47. The molecule has 1 aromatic heterocycles. The van der Waals surface area contributed by atoms with Gasteiger partial charge in [-0.05, 0) is 54.3 Å². The molecule has 0 fully saturated rings. The van der Waals surface area contributed by atoms with Crippen molar-refractivity contribution >= 4 is 11.4 Å². The van der Waals surface area contributed by atoms with Crippen LogP contribution in [0.5, 0.6) is 0 Å². The molecule has 6 heteroatoms. The number of benzene rings is 1. The van der Waals surface area contributed by atoms with E-state index in [0.29, 0.717) is 23.1 Å².